The van der Waals surface area contributed by atoms with Gasteiger partial charge in [-0.2, -0.15) is 17.6 Å². The Labute approximate surface area is 189 Å². The quantitative estimate of drug-likeness (QED) is 0.349. The second kappa shape index (κ2) is 9.61. The standard InChI is InChI=1S/C21H16F5N3O3S/c1-10-15(19(30)27-11-5-4-6-12(9-11)33-3)20(29-28-18(10)21(24,25)26)32-14-8-7-13(22)16(23)17(14)31-2/h4-9H,1-3H3,(H,27,30). The molecular weight excluding hydrogens is 469 g/mol. The third kappa shape index (κ3) is 5.16. The molecule has 0 aliphatic carbocycles. The van der Waals surface area contributed by atoms with E-state index in [9.17, 15) is 26.7 Å². The number of benzene rings is 2. The van der Waals surface area contributed by atoms with Gasteiger partial charge in [0, 0.05) is 10.6 Å². The molecule has 1 aromatic heterocycles. The maximum Gasteiger partial charge on any atom is 0.435 e. The molecule has 0 bridgehead atoms. The van der Waals surface area contributed by atoms with Gasteiger partial charge < -0.3 is 14.8 Å². The van der Waals surface area contributed by atoms with Crippen molar-refractivity contribution in [2.75, 3.05) is 18.7 Å². The molecular formula is C21H16F5N3O3S. The van der Waals surface area contributed by atoms with Crippen LogP contribution in [0.1, 0.15) is 21.6 Å². The van der Waals surface area contributed by atoms with Gasteiger partial charge in [0.15, 0.2) is 17.3 Å². The fourth-order valence-corrected chi connectivity index (χ4v) is 3.35. The highest BCUT2D eigenvalue weighted by Crippen LogP contribution is 2.38. The Morgan fingerprint density at radius 1 is 1.12 bits per heavy atom. The number of ether oxygens (including phenoxy) is 2. The average molecular weight is 485 g/mol. The second-order valence-electron chi connectivity index (χ2n) is 6.53. The number of nitrogens with one attached hydrogen (secondary N) is 1. The molecule has 2 aromatic carbocycles. The molecule has 1 heterocycles. The van der Waals surface area contributed by atoms with Crippen LogP contribution in [-0.2, 0) is 6.18 Å². The molecule has 0 spiro atoms. The molecule has 0 saturated heterocycles. The van der Waals surface area contributed by atoms with Crippen molar-refractivity contribution in [3.8, 4) is 17.4 Å². The largest absolute Gasteiger partial charge is 0.490 e. The summed E-state index contributed by atoms with van der Waals surface area (Å²) < 4.78 is 77.9. The lowest BCUT2D eigenvalue weighted by atomic mass is 10.1. The fourth-order valence-electron chi connectivity index (χ4n) is 2.89. The monoisotopic (exact) mass is 485 g/mol. The minimum atomic E-state index is -4.90. The van der Waals surface area contributed by atoms with E-state index >= 15 is 0 Å². The number of amides is 1. The van der Waals surface area contributed by atoms with E-state index in [1.807, 2.05) is 6.26 Å². The van der Waals surface area contributed by atoms with Crippen molar-refractivity contribution < 1.29 is 36.2 Å². The molecule has 0 unspecified atom stereocenters. The number of hydrogen-bond donors (Lipinski definition) is 1. The molecule has 6 nitrogen and oxygen atoms in total. The lowest BCUT2D eigenvalue weighted by molar-refractivity contribution is -0.142. The van der Waals surface area contributed by atoms with E-state index in [0.29, 0.717) is 5.69 Å². The zero-order valence-corrected chi connectivity index (χ0v) is 18.2. The molecule has 0 fully saturated rings. The zero-order valence-electron chi connectivity index (χ0n) is 17.4. The lowest BCUT2D eigenvalue weighted by Gasteiger charge is -2.17. The zero-order chi connectivity index (χ0) is 24.3. The van der Waals surface area contributed by atoms with Crippen LogP contribution in [0.2, 0.25) is 0 Å². The van der Waals surface area contributed by atoms with Gasteiger partial charge in [0.05, 0.1) is 7.11 Å². The molecule has 3 rings (SSSR count). The van der Waals surface area contributed by atoms with Crippen LogP contribution in [0.4, 0.5) is 27.6 Å². The van der Waals surface area contributed by atoms with Crippen LogP contribution in [0.25, 0.3) is 0 Å². The van der Waals surface area contributed by atoms with E-state index in [1.165, 1.54) is 11.8 Å². The van der Waals surface area contributed by atoms with Gasteiger partial charge in [0.25, 0.3) is 11.8 Å². The number of carbonyl (C=O) groups excluding carboxylic acids is 1. The number of hydrogen-bond acceptors (Lipinski definition) is 6. The summed E-state index contributed by atoms with van der Waals surface area (Å²) in [6, 6.07) is 8.32. The highest BCUT2D eigenvalue weighted by molar-refractivity contribution is 7.98. The van der Waals surface area contributed by atoms with Gasteiger partial charge in [-0.05, 0) is 49.1 Å². The molecule has 174 valence electrons. The van der Waals surface area contributed by atoms with E-state index in [0.717, 1.165) is 31.1 Å². The van der Waals surface area contributed by atoms with Gasteiger partial charge in [-0.3, -0.25) is 4.79 Å². The summed E-state index contributed by atoms with van der Waals surface area (Å²) in [4.78, 5) is 13.8. The number of thioether (sulfide) groups is 1. The molecule has 1 amide bonds. The Bertz CT molecular complexity index is 1200. The predicted molar refractivity (Wildman–Crippen MR) is 111 cm³/mol. The Morgan fingerprint density at radius 2 is 1.85 bits per heavy atom. The second-order valence-corrected chi connectivity index (χ2v) is 7.41. The summed E-state index contributed by atoms with van der Waals surface area (Å²) in [5, 5.41) is 9.02. The van der Waals surface area contributed by atoms with Crippen molar-refractivity contribution >= 4 is 23.4 Å². The number of aromatic nitrogens is 2. The number of methoxy groups -OCH3 is 1. The van der Waals surface area contributed by atoms with Gasteiger partial charge in [-0.1, -0.05) is 6.07 Å². The first kappa shape index (κ1) is 24.2. The fraction of sp³-hybridized carbons (Fsp3) is 0.190. The van der Waals surface area contributed by atoms with Crippen molar-refractivity contribution in [3.05, 3.63) is 64.9 Å². The third-order valence-electron chi connectivity index (χ3n) is 4.43. The van der Waals surface area contributed by atoms with Crippen LogP contribution >= 0.6 is 11.8 Å². The predicted octanol–water partition coefficient (Wildman–Crippen LogP) is 5.86. The first-order valence-electron chi connectivity index (χ1n) is 9.16. The van der Waals surface area contributed by atoms with E-state index in [2.05, 4.69) is 15.5 Å². The SMILES string of the molecule is COc1c(Oc2nnc(C(F)(F)F)c(C)c2C(=O)Nc2cccc(SC)c2)ccc(F)c1F. The molecule has 0 aliphatic heterocycles. The van der Waals surface area contributed by atoms with Crippen LogP contribution in [-0.4, -0.2) is 29.5 Å². The first-order chi connectivity index (χ1) is 15.6. The van der Waals surface area contributed by atoms with Gasteiger partial charge in [0.1, 0.15) is 5.56 Å². The summed E-state index contributed by atoms with van der Waals surface area (Å²) in [7, 11) is 1.04. The Hall–Kier alpha value is -3.41. The van der Waals surface area contributed by atoms with Crippen molar-refractivity contribution in [1.82, 2.24) is 10.2 Å². The van der Waals surface area contributed by atoms with Crippen LogP contribution in [0.15, 0.2) is 41.3 Å². The maximum absolute atomic E-state index is 14.0. The first-order valence-corrected chi connectivity index (χ1v) is 10.4. The molecule has 0 radical (unpaired) electrons. The van der Waals surface area contributed by atoms with Crippen molar-refractivity contribution in [2.45, 2.75) is 18.0 Å². The average Bonchev–Trinajstić information content (AvgIpc) is 2.75. The number of carbonyl (C=O) groups is 1. The Kier molecular flexibility index (Phi) is 7.06. The molecule has 12 heteroatoms. The Morgan fingerprint density at radius 3 is 2.48 bits per heavy atom. The molecule has 0 atom stereocenters. The van der Waals surface area contributed by atoms with Crippen molar-refractivity contribution in [2.24, 2.45) is 0 Å². The third-order valence-corrected chi connectivity index (χ3v) is 5.16. The van der Waals surface area contributed by atoms with Gasteiger partial charge >= 0.3 is 6.18 Å². The van der Waals surface area contributed by atoms with Crippen LogP contribution < -0.4 is 14.8 Å². The van der Waals surface area contributed by atoms with Crippen LogP contribution in [0.3, 0.4) is 0 Å². The summed E-state index contributed by atoms with van der Waals surface area (Å²) in [5.41, 5.74) is -2.23. The lowest BCUT2D eigenvalue weighted by Crippen LogP contribution is -2.21. The molecule has 1 N–H and O–H groups in total. The van der Waals surface area contributed by atoms with E-state index in [4.69, 9.17) is 9.47 Å². The highest BCUT2D eigenvalue weighted by atomic mass is 32.2. The summed E-state index contributed by atoms with van der Waals surface area (Å²) in [5.74, 6) is -5.31. The Balaban J connectivity index is 2.10. The minimum absolute atomic E-state index is 0.313. The number of anilines is 1. The smallest absolute Gasteiger partial charge is 0.435 e. The number of rotatable bonds is 6. The topological polar surface area (TPSA) is 73.3 Å². The van der Waals surface area contributed by atoms with E-state index < -0.39 is 57.9 Å². The van der Waals surface area contributed by atoms with Gasteiger partial charge in [-0.15, -0.1) is 22.0 Å². The van der Waals surface area contributed by atoms with E-state index in [1.54, 1.807) is 24.3 Å². The number of alkyl halides is 3. The van der Waals surface area contributed by atoms with Crippen molar-refractivity contribution in [1.29, 1.82) is 0 Å². The number of nitrogens with zero attached hydrogens (tertiary/aromatic N) is 2. The van der Waals surface area contributed by atoms with Crippen molar-refractivity contribution in [3.63, 3.8) is 0 Å². The minimum Gasteiger partial charge on any atom is -0.490 e. The summed E-state index contributed by atoms with van der Waals surface area (Å²) in [6.45, 7) is 1.03. The van der Waals surface area contributed by atoms with Gasteiger partial charge in [0.2, 0.25) is 11.6 Å². The highest BCUT2D eigenvalue weighted by Gasteiger charge is 2.38. The molecule has 0 aliphatic rings. The number of halogens is 5. The van der Waals surface area contributed by atoms with Crippen LogP contribution in [0.5, 0.6) is 17.4 Å². The normalized spacial score (nSPS) is 11.3. The van der Waals surface area contributed by atoms with Crippen LogP contribution in [0, 0.1) is 18.6 Å². The molecule has 0 saturated carbocycles. The molecule has 3 aromatic rings. The molecule has 33 heavy (non-hydrogen) atoms. The van der Waals surface area contributed by atoms with Gasteiger partial charge in [-0.25, -0.2) is 4.39 Å². The maximum atomic E-state index is 14.0. The van der Waals surface area contributed by atoms with E-state index in [-0.39, 0.29) is 0 Å². The summed E-state index contributed by atoms with van der Waals surface area (Å²) in [6.07, 6.45) is -3.09. The summed E-state index contributed by atoms with van der Waals surface area (Å²) >= 11 is 1.40.